The van der Waals surface area contributed by atoms with Crippen LogP contribution in [-0.2, 0) is 0 Å². The van der Waals surface area contributed by atoms with Crippen molar-refractivity contribution in [1.29, 1.82) is 0 Å². The minimum Gasteiger partial charge on any atom is -0.489 e. The first-order valence-corrected chi connectivity index (χ1v) is 6.87. The average Bonchev–Trinajstić information content (AvgIpc) is 3.14. The summed E-state index contributed by atoms with van der Waals surface area (Å²) in [6.07, 6.45) is 2.06. The number of ether oxygens (including phenoxy) is 1. The van der Waals surface area contributed by atoms with E-state index in [1.54, 1.807) is 18.2 Å². The summed E-state index contributed by atoms with van der Waals surface area (Å²) >= 11 is 11.8. The highest BCUT2D eigenvalue weighted by molar-refractivity contribution is 6.34. The number of hydrogen-bond donors (Lipinski definition) is 2. The highest BCUT2D eigenvalue weighted by Crippen LogP contribution is 2.28. The van der Waals surface area contributed by atoms with E-state index in [-0.39, 0.29) is 6.61 Å². The van der Waals surface area contributed by atoms with Gasteiger partial charge in [0, 0.05) is 17.6 Å². The van der Waals surface area contributed by atoms with E-state index in [1.807, 2.05) is 0 Å². The van der Waals surface area contributed by atoms with Crippen LogP contribution in [0.4, 0.5) is 0 Å². The third kappa shape index (κ3) is 4.65. The molecule has 0 aromatic heterocycles. The fourth-order valence-corrected chi connectivity index (χ4v) is 1.94. The summed E-state index contributed by atoms with van der Waals surface area (Å²) < 4.78 is 5.45. The van der Waals surface area contributed by atoms with E-state index in [9.17, 15) is 5.11 Å². The second-order valence-electron chi connectivity index (χ2n) is 4.64. The van der Waals surface area contributed by atoms with Gasteiger partial charge in [-0.05, 0) is 37.4 Å². The molecule has 100 valence electrons. The van der Waals surface area contributed by atoms with Crippen LogP contribution in [0.3, 0.4) is 0 Å². The molecule has 1 fully saturated rings. The molecule has 3 nitrogen and oxygen atoms in total. The van der Waals surface area contributed by atoms with Crippen molar-refractivity contribution in [3.63, 3.8) is 0 Å². The zero-order valence-corrected chi connectivity index (χ0v) is 11.5. The van der Waals surface area contributed by atoms with Crippen molar-refractivity contribution in [2.24, 2.45) is 5.92 Å². The first kappa shape index (κ1) is 13.9. The molecule has 0 amide bonds. The SMILES string of the molecule is OC(CNCC1CC1)COc1cc(Cl)ccc1Cl. The normalized spacial score (nSPS) is 16.6. The fraction of sp³-hybridized carbons (Fsp3) is 0.538. The van der Waals surface area contributed by atoms with Crippen LogP contribution in [-0.4, -0.2) is 30.9 Å². The Morgan fingerprint density at radius 1 is 1.39 bits per heavy atom. The number of benzene rings is 1. The van der Waals surface area contributed by atoms with Gasteiger partial charge in [0.25, 0.3) is 0 Å². The quantitative estimate of drug-likeness (QED) is 0.811. The molecule has 0 bridgehead atoms. The van der Waals surface area contributed by atoms with E-state index in [4.69, 9.17) is 27.9 Å². The van der Waals surface area contributed by atoms with E-state index < -0.39 is 6.10 Å². The van der Waals surface area contributed by atoms with Gasteiger partial charge in [0.05, 0.1) is 5.02 Å². The van der Waals surface area contributed by atoms with E-state index in [0.717, 1.165) is 12.5 Å². The predicted molar refractivity (Wildman–Crippen MR) is 73.6 cm³/mol. The van der Waals surface area contributed by atoms with Crippen LogP contribution in [0.5, 0.6) is 5.75 Å². The second-order valence-corrected chi connectivity index (χ2v) is 5.48. The smallest absolute Gasteiger partial charge is 0.139 e. The zero-order chi connectivity index (χ0) is 13.0. The number of hydrogen-bond acceptors (Lipinski definition) is 3. The van der Waals surface area contributed by atoms with Gasteiger partial charge in [-0.1, -0.05) is 23.2 Å². The molecule has 2 rings (SSSR count). The largest absolute Gasteiger partial charge is 0.489 e. The van der Waals surface area contributed by atoms with Gasteiger partial charge in [-0.3, -0.25) is 0 Å². The monoisotopic (exact) mass is 289 g/mol. The fourth-order valence-electron chi connectivity index (χ4n) is 1.61. The molecule has 0 saturated heterocycles. The van der Waals surface area contributed by atoms with Crippen molar-refractivity contribution in [1.82, 2.24) is 5.32 Å². The maximum absolute atomic E-state index is 9.74. The zero-order valence-electron chi connectivity index (χ0n) is 10.0. The minimum absolute atomic E-state index is 0.206. The number of rotatable bonds is 7. The lowest BCUT2D eigenvalue weighted by molar-refractivity contribution is 0.106. The molecule has 5 heteroatoms. The van der Waals surface area contributed by atoms with Crippen molar-refractivity contribution in [2.45, 2.75) is 18.9 Å². The van der Waals surface area contributed by atoms with Gasteiger partial charge in [-0.15, -0.1) is 0 Å². The minimum atomic E-state index is -0.543. The molecule has 0 radical (unpaired) electrons. The second kappa shape index (κ2) is 6.62. The lowest BCUT2D eigenvalue weighted by Crippen LogP contribution is -2.32. The lowest BCUT2D eigenvalue weighted by atomic mass is 10.3. The first-order chi connectivity index (χ1) is 8.65. The summed E-state index contributed by atoms with van der Waals surface area (Å²) in [5.41, 5.74) is 0. The molecule has 0 aliphatic heterocycles. The van der Waals surface area contributed by atoms with E-state index in [1.165, 1.54) is 12.8 Å². The van der Waals surface area contributed by atoms with Crippen LogP contribution in [0, 0.1) is 5.92 Å². The summed E-state index contributed by atoms with van der Waals surface area (Å²) in [7, 11) is 0. The first-order valence-electron chi connectivity index (χ1n) is 6.12. The standard InChI is InChI=1S/C13H17Cl2NO2/c14-10-3-4-12(15)13(5-10)18-8-11(17)7-16-6-9-1-2-9/h3-5,9,11,16-17H,1-2,6-8H2. The Kier molecular flexibility index (Phi) is 5.13. The van der Waals surface area contributed by atoms with Gasteiger partial charge >= 0.3 is 0 Å². The number of aliphatic hydroxyl groups is 1. The highest BCUT2D eigenvalue weighted by Gasteiger charge is 2.20. The Morgan fingerprint density at radius 3 is 2.89 bits per heavy atom. The average molecular weight is 290 g/mol. The maximum Gasteiger partial charge on any atom is 0.139 e. The number of nitrogens with one attached hydrogen (secondary N) is 1. The summed E-state index contributed by atoms with van der Waals surface area (Å²) in [5.74, 6) is 1.31. The van der Waals surface area contributed by atoms with Gasteiger partial charge in [0.2, 0.25) is 0 Å². The molecule has 1 aromatic rings. The molecule has 0 spiro atoms. The molecular weight excluding hydrogens is 273 g/mol. The molecule has 1 aromatic carbocycles. The Morgan fingerprint density at radius 2 is 2.17 bits per heavy atom. The molecule has 1 aliphatic rings. The van der Waals surface area contributed by atoms with Crippen molar-refractivity contribution in [3.8, 4) is 5.75 Å². The summed E-state index contributed by atoms with van der Waals surface area (Å²) in [6.45, 7) is 1.72. The third-order valence-corrected chi connectivity index (χ3v) is 3.38. The summed E-state index contributed by atoms with van der Waals surface area (Å²) in [6, 6.07) is 5.02. The van der Waals surface area contributed by atoms with Crippen molar-refractivity contribution >= 4 is 23.2 Å². The molecule has 1 saturated carbocycles. The van der Waals surface area contributed by atoms with E-state index in [2.05, 4.69) is 5.32 Å². The van der Waals surface area contributed by atoms with Crippen LogP contribution in [0.1, 0.15) is 12.8 Å². The predicted octanol–water partition coefficient (Wildman–Crippen LogP) is 2.73. The summed E-state index contributed by atoms with van der Waals surface area (Å²) in [5, 5.41) is 14.0. The Bertz CT molecular complexity index is 397. The molecular formula is C13H17Cl2NO2. The third-order valence-electron chi connectivity index (χ3n) is 2.83. The van der Waals surface area contributed by atoms with E-state index in [0.29, 0.717) is 22.3 Å². The molecule has 1 aliphatic carbocycles. The topological polar surface area (TPSA) is 41.5 Å². The molecule has 2 N–H and O–H groups in total. The van der Waals surface area contributed by atoms with E-state index >= 15 is 0 Å². The Balaban J connectivity index is 1.70. The highest BCUT2D eigenvalue weighted by atomic mass is 35.5. The van der Waals surface area contributed by atoms with Crippen LogP contribution in [0.2, 0.25) is 10.0 Å². The van der Waals surface area contributed by atoms with Crippen molar-refractivity contribution in [3.05, 3.63) is 28.2 Å². The van der Waals surface area contributed by atoms with Crippen LogP contribution >= 0.6 is 23.2 Å². The number of halogens is 2. The lowest BCUT2D eigenvalue weighted by Gasteiger charge is -2.14. The Labute approximate surface area is 117 Å². The molecule has 0 heterocycles. The van der Waals surface area contributed by atoms with Crippen molar-refractivity contribution in [2.75, 3.05) is 19.7 Å². The Hall–Kier alpha value is -0.480. The van der Waals surface area contributed by atoms with Crippen molar-refractivity contribution < 1.29 is 9.84 Å². The van der Waals surface area contributed by atoms with Gasteiger partial charge in [-0.2, -0.15) is 0 Å². The van der Waals surface area contributed by atoms with Gasteiger partial charge in [0.1, 0.15) is 18.5 Å². The van der Waals surface area contributed by atoms with Gasteiger partial charge in [-0.25, -0.2) is 0 Å². The van der Waals surface area contributed by atoms with Gasteiger partial charge in [0.15, 0.2) is 0 Å². The van der Waals surface area contributed by atoms with Gasteiger partial charge < -0.3 is 15.2 Å². The molecule has 18 heavy (non-hydrogen) atoms. The molecule has 1 unspecified atom stereocenters. The van der Waals surface area contributed by atoms with Crippen LogP contribution < -0.4 is 10.1 Å². The van der Waals surface area contributed by atoms with Crippen LogP contribution in [0.15, 0.2) is 18.2 Å². The maximum atomic E-state index is 9.74. The molecule has 1 atom stereocenters. The number of aliphatic hydroxyl groups excluding tert-OH is 1. The van der Waals surface area contributed by atoms with Crippen LogP contribution in [0.25, 0.3) is 0 Å². The summed E-state index contributed by atoms with van der Waals surface area (Å²) in [4.78, 5) is 0.